The summed E-state index contributed by atoms with van der Waals surface area (Å²) in [6.07, 6.45) is 14.9. The normalized spacial score (nSPS) is 30.5. The van der Waals surface area contributed by atoms with Crippen molar-refractivity contribution in [2.75, 3.05) is 6.61 Å². The van der Waals surface area contributed by atoms with Crippen molar-refractivity contribution in [1.82, 2.24) is 0 Å². The first-order chi connectivity index (χ1) is 21.9. The number of fused-ring (bicyclic) bond motifs is 1. The van der Waals surface area contributed by atoms with E-state index in [0.29, 0.717) is 48.0 Å². The molecule has 0 saturated heterocycles. The largest absolute Gasteiger partial charge is 0.465 e. The standard InChI is InChI=1S/C42H76O4Si2/c1-29(2)24-39(43)44-28-30(3)25-31(4)36-21-22-37-33(18-17-23-42(36,37)12)19-20-34-26-35(45-47(13,14)40(6,7)8)27-38(32(34)5)46-48(15,16)41(9,10)11/h19-20,29-31,35-38H,5,17-18,21-28H2,1-4,6-16H3/t30?,31-,35+,36+,37?,38-,42+/m0/s1. The van der Waals surface area contributed by atoms with Gasteiger partial charge in [-0.15, -0.1) is 0 Å². The average Bonchev–Trinajstić information content (AvgIpc) is 3.28. The van der Waals surface area contributed by atoms with Gasteiger partial charge >= 0.3 is 5.97 Å². The number of ether oxygens (including phenoxy) is 1. The van der Waals surface area contributed by atoms with Crippen LogP contribution in [0.3, 0.4) is 0 Å². The molecule has 0 bridgehead atoms. The summed E-state index contributed by atoms with van der Waals surface area (Å²) in [5, 5.41) is 0.312. The molecule has 0 heterocycles. The van der Waals surface area contributed by atoms with Crippen molar-refractivity contribution < 1.29 is 18.4 Å². The van der Waals surface area contributed by atoms with Gasteiger partial charge in [0.15, 0.2) is 16.6 Å². The van der Waals surface area contributed by atoms with Gasteiger partial charge < -0.3 is 13.6 Å². The van der Waals surface area contributed by atoms with E-state index in [9.17, 15) is 4.79 Å². The molecule has 0 aromatic rings. The van der Waals surface area contributed by atoms with Crippen molar-refractivity contribution >= 4 is 22.6 Å². The van der Waals surface area contributed by atoms with Gasteiger partial charge in [0, 0.05) is 12.8 Å². The minimum atomic E-state index is -1.99. The maximum atomic E-state index is 12.2. The molecular formula is C42H76O4Si2. The van der Waals surface area contributed by atoms with Crippen LogP contribution < -0.4 is 0 Å². The van der Waals surface area contributed by atoms with E-state index in [1.54, 1.807) is 5.57 Å². The van der Waals surface area contributed by atoms with E-state index in [0.717, 1.165) is 19.3 Å². The lowest BCUT2D eigenvalue weighted by atomic mass is 9.60. The summed E-state index contributed by atoms with van der Waals surface area (Å²) in [4.78, 5) is 12.2. The summed E-state index contributed by atoms with van der Waals surface area (Å²) in [6, 6.07) is 0. The number of carbonyl (C=O) groups excluding carboxylic acids is 1. The Balaban J connectivity index is 1.81. The maximum absolute atomic E-state index is 12.2. The van der Waals surface area contributed by atoms with Gasteiger partial charge in [-0.1, -0.05) is 100 Å². The predicted octanol–water partition coefficient (Wildman–Crippen LogP) is 12.4. The third kappa shape index (κ3) is 10.1. The van der Waals surface area contributed by atoms with E-state index >= 15 is 0 Å². The SMILES string of the molecule is C=C1C(=CC=C2CCC[C@@]3(C)C2CC[C@@H]3[C@@H](C)CC(C)COC(=O)CC(C)C)C[C@@H](O[Si](C)(C)C(C)(C)C)C[C@@H]1O[Si](C)(C)C(C)(C)C. The van der Waals surface area contributed by atoms with Gasteiger partial charge in [-0.05, 0) is 127 Å². The van der Waals surface area contributed by atoms with Crippen molar-refractivity contribution in [3.63, 3.8) is 0 Å². The van der Waals surface area contributed by atoms with Crippen molar-refractivity contribution in [2.24, 2.45) is 35.0 Å². The fraction of sp³-hybridized carbons (Fsp3) is 0.833. The van der Waals surface area contributed by atoms with E-state index < -0.39 is 16.6 Å². The molecule has 7 atom stereocenters. The van der Waals surface area contributed by atoms with Crippen LogP contribution in [0.2, 0.25) is 36.3 Å². The number of rotatable bonds is 12. The lowest BCUT2D eigenvalue weighted by Gasteiger charge is -2.46. The van der Waals surface area contributed by atoms with Gasteiger partial charge in [-0.25, -0.2) is 0 Å². The van der Waals surface area contributed by atoms with Crippen LogP contribution in [-0.4, -0.2) is 41.4 Å². The van der Waals surface area contributed by atoms with Crippen molar-refractivity contribution in [3.05, 3.63) is 35.5 Å². The molecule has 3 aliphatic carbocycles. The van der Waals surface area contributed by atoms with Gasteiger partial charge in [0.05, 0.1) is 18.8 Å². The first-order valence-corrected chi connectivity index (χ1v) is 25.3. The summed E-state index contributed by atoms with van der Waals surface area (Å²) in [5.41, 5.74) is 4.48. The molecule has 3 fully saturated rings. The molecule has 0 radical (unpaired) electrons. The highest BCUT2D eigenvalue weighted by Gasteiger charge is 2.51. The molecule has 2 unspecified atom stereocenters. The third-order valence-electron chi connectivity index (χ3n) is 13.3. The highest BCUT2D eigenvalue weighted by Crippen LogP contribution is 2.60. The van der Waals surface area contributed by atoms with Gasteiger partial charge in [-0.2, -0.15) is 0 Å². The van der Waals surface area contributed by atoms with Crippen LogP contribution in [0.25, 0.3) is 0 Å². The van der Waals surface area contributed by atoms with Gasteiger partial charge in [0.1, 0.15) is 0 Å². The van der Waals surface area contributed by atoms with E-state index in [1.807, 2.05) is 0 Å². The summed E-state index contributed by atoms with van der Waals surface area (Å²) in [5.74, 6) is 2.66. The summed E-state index contributed by atoms with van der Waals surface area (Å²) in [6.45, 7) is 40.2. The van der Waals surface area contributed by atoms with Crippen molar-refractivity contribution in [1.29, 1.82) is 0 Å². The topological polar surface area (TPSA) is 44.8 Å². The Labute approximate surface area is 299 Å². The number of allylic oxidation sites excluding steroid dienone is 3. The highest BCUT2D eigenvalue weighted by molar-refractivity contribution is 6.74. The molecule has 0 amide bonds. The van der Waals surface area contributed by atoms with Crippen LogP contribution in [0.15, 0.2) is 35.5 Å². The quantitative estimate of drug-likeness (QED) is 0.150. The molecule has 0 aromatic carbocycles. The van der Waals surface area contributed by atoms with Crippen LogP contribution in [0.4, 0.5) is 0 Å². The molecule has 3 aliphatic rings. The Kier molecular flexibility index (Phi) is 13.6. The second-order valence-corrected chi connectivity index (χ2v) is 29.5. The monoisotopic (exact) mass is 701 g/mol. The molecule has 6 heteroatoms. The molecule has 3 saturated carbocycles. The predicted molar refractivity (Wildman–Crippen MR) is 210 cm³/mol. The highest BCUT2D eigenvalue weighted by atomic mass is 28.4. The first kappa shape index (κ1) is 41.5. The summed E-state index contributed by atoms with van der Waals surface area (Å²) in [7, 11) is -3.93. The minimum absolute atomic E-state index is 0.0130. The molecule has 0 aliphatic heterocycles. The molecule has 4 nitrogen and oxygen atoms in total. The molecule has 0 aromatic heterocycles. The zero-order valence-electron chi connectivity index (χ0n) is 34.1. The maximum Gasteiger partial charge on any atom is 0.306 e. The average molecular weight is 701 g/mol. The second-order valence-electron chi connectivity index (χ2n) is 20.0. The fourth-order valence-corrected chi connectivity index (χ4v) is 11.1. The molecule has 276 valence electrons. The third-order valence-corrected chi connectivity index (χ3v) is 22.4. The lowest BCUT2D eigenvalue weighted by Crippen LogP contribution is -2.49. The van der Waals surface area contributed by atoms with E-state index in [2.05, 4.69) is 115 Å². The van der Waals surface area contributed by atoms with Crippen LogP contribution in [-0.2, 0) is 18.4 Å². The Morgan fingerprint density at radius 2 is 1.56 bits per heavy atom. The van der Waals surface area contributed by atoms with Gasteiger partial charge in [-0.3, -0.25) is 4.79 Å². The van der Waals surface area contributed by atoms with Crippen LogP contribution in [0, 0.1) is 35.0 Å². The molecular weight excluding hydrogens is 625 g/mol. The van der Waals surface area contributed by atoms with Crippen LogP contribution in [0.1, 0.15) is 134 Å². The molecule has 48 heavy (non-hydrogen) atoms. The minimum Gasteiger partial charge on any atom is -0.465 e. The van der Waals surface area contributed by atoms with E-state index in [1.165, 1.54) is 43.3 Å². The van der Waals surface area contributed by atoms with E-state index in [4.69, 9.17) is 20.2 Å². The first-order valence-electron chi connectivity index (χ1n) is 19.5. The number of esters is 1. The lowest BCUT2D eigenvalue weighted by molar-refractivity contribution is -0.146. The Hall–Kier alpha value is -0.956. The second kappa shape index (κ2) is 15.7. The van der Waals surface area contributed by atoms with Gasteiger partial charge in [0.2, 0.25) is 0 Å². The number of carbonyl (C=O) groups is 1. The Morgan fingerprint density at radius 3 is 2.15 bits per heavy atom. The summed E-state index contributed by atoms with van der Waals surface area (Å²) < 4.78 is 19.8. The zero-order valence-corrected chi connectivity index (χ0v) is 36.1. The van der Waals surface area contributed by atoms with E-state index in [-0.39, 0.29) is 28.3 Å². The van der Waals surface area contributed by atoms with Crippen LogP contribution >= 0.6 is 0 Å². The summed E-state index contributed by atoms with van der Waals surface area (Å²) >= 11 is 0. The molecule has 0 N–H and O–H groups in total. The van der Waals surface area contributed by atoms with Crippen molar-refractivity contribution in [2.45, 2.75) is 182 Å². The smallest absolute Gasteiger partial charge is 0.306 e. The Morgan fingerprint density at radius 1 is 0.958 bits per heavy atom. The zero-order chi connectivity index (χ0) is 36.5. The van der Waals surface area contributed by atoms with Crippen LogP contribution in [0.5, 0.6) is 0 Å². The number of hydrogen-bond acceptors (Lipinski definition) is 4. The van der Waals surface area contributed by atoms with Gasteiger partial charge in [0.25, 0.3) is 0 Å². The Bertz CT molecular complexity index is 1180. The molecule has 0 spiro atoms. The fourth-order valence-electron chi connectivity index (χ4n) is 8.47. The number of hydrogen-bond donors (Lipinski definition) is 0. The van der Waals surface area contributed by atoms with Crippen molar-refractivity contribution in [3.8, 4) is 0 Å². The molecule has 3 rings (SSSR count).